The number of rotatable bonds is 7. The van der Waals surface area contributed by atoms with Gasteiger partial charge in [-0.1, -0.05) is 47.5 Å². The highest BCUT2D eigenvalue weighted by atomic mass is 32.1. The van der Waals surface area contributed by atoms with Crippen LogP contribution in [-0.4, -0.2) is 47.0 Å². The average Bonchev–Trinajstić information content (AvgIpc) is 3.16. The first-order chi connectivity index (χ1) is 15.4. The standard InChI is InChI=1S/C26H40N4OS/c1-6-8-9-19(7-2)26(31)30-14-12-29(13-15-30)24-22-20-11-10-18(5)16-21(20)32-25(22)28-23(27-24)17(3)4/h17-19H,6-16H2,1-5H3/t18-,19+/m1/s1. The third-order valence-electron chi connectivity index (χ3n) is 7.31. The molecule has 1 fully saturated rings. The number of amides is 1. The van der Waals surface area contributed by atoms with Crippen LogP contribution in [0.15, 0.2) is 0 Å². The zero-order chi connectivity index (χ0) is 22.8. The molecule has 32 heavy (non-hydrogen) atoms. The van der Waals surface area contributed by atoms with Crippen molar-refractivity contribution in [3.05, 3.63) is 16.3 Å². The number of aryl methyl sites for hydroxylation is 1. The van der Waals surface area contributed by atoms with Crippen LogP contribution in [0.4, 0.5) is 5.82 Å². The Kier molecular flexibility index (Phi) is 7.38. The van der Waals surface area contributed by atoms with Crippen molar-refractivity contribution in [3.8, 4) is 0 Å². The van der Waals surface area contributed by atoms with Gasteiger partial charge < -0.3 is 9.80 Å². The molecule has 1 aliphatic heterocycles. The fraction of sp³-hybridized carbons (Fsp3) is 0.731. The largest absolute Gasteiger partial charge is 0.352 e. The van der Waals surface area contributed by atoms with Crippen LogP contribution in [0.25, 0.3) is 10.2 Å². The van der Waals surface area contributed by atoms with E-state index >= 15 is 0 Å². The molecule has 1 saturated heterocycles. The van der Waals surface area contributed by atoms with E-state index in [1.54, 1.807) is 0 Å². The summed E-state index contributed by atoms with van der Waals surface area (Å²) in [6, 6.07) is 0. The van der Waals surface area contributed by atoms with Crippen LogP contribution in [0.5, 0.6) is 0 Å². The molecule has 1 amide bonds. The smallest absolute Gasteiger partial charge is 0.225 e. The summed E-state index contributed by atoms with van der Waals surface area (Å²) < 4.78 is 0. The lowest BCUT2D eigenvalue weighted by atomic mass is 9.89. The van der Waals surface area contributed by atoms with Gasteiger partial charge in [-0.2, -0.15) is 0 Å². The Hall–Kier alpha value is -1.69. The molecule has 0 unspecified atom stereocenters. The Bertz CT molecular complexity index is 945. The van der Waals surface area contributed by atoms with Crippen molar-refractivity contribution in [1.82, 2.24) is 14.9 Å². The third-order valence-corrected chi connectivity index (χ3v) is 8.46. The van der Waals surface area contributed by atoms with Crippen LogP contribution in [0.1, 0.15) is 88.9 Å². The maximum absolute atomic E-state index is 13.1. The summed E-state index contributed by atoms with van der Waals surface area (Å²) >= 11 is 1.89. The molecule has 5 nitrogen and oxygen atoms in total. The van der Waals surface area contributed by atoms with E-state index in [0.717, 1.165) is 75.8 Å². The molecule has 0 saturated carbocycles. The normalized spacial score (nSPS) is 20.1. The first kappa shape index (κ1) is 23.5. The summed E-state index contributed by atoms with van der Waals surface area (Å²) in [5, 5.41) is 1.30. The summed E-state index contributed by atoms with van der Waals surface area (Å²) in [7, 11) is 0. The monoisotopic (exact) mass is 456 g/mol. The second-order valence-electron chi connectivity index (χ2n) is 10.2. The zero-order valence-corrected chi connectivity index (χ0v) is 21.4. The molecule has 2 atom stereocenters. The minimum atomic E-state index is 0.186. The molecular weight excluding hydrogens is 416 g/mol. The Morgan fingerprint density at radius 1 is 1.16 bits per heavy atom. The molecule has 6 heteroatoms. The number of piperazine rings is 1. The molecule has 0 N–H and O–H groups in total. The molecular formula is C26H40N4OS. The molecule has 3 heterocycles. The van der Waals surface area contributed by atoms with Gasteiger partial charge in [0.15, 0.2) is 0 Å². The van der Waals surface area contributed by atoms with E-state index in [2.05, 4.69) is 44.4 Å². The number of aromatic nitrogens is 2. The van der Waals surface area contributed by atoms with Gasteiger partial charge in [-0.25, -0.2) is 9.97 Å². The van der Waals surface area contributed by atoms with Crippen LogP contribution >= 0.6 is 11.3 Å². The fourth-order valence-electron chi connectivity index (χ4n) is 5.18. The van der Waals surface area contributed by atoms with Crippen LogP contribution < -0.4 is 4.90 Å². The number of unbranched alkanes of at least 4 members (excludes halogenated alkanes) is 1. The van der Waals surface area contributed by atoms with Gasteiger partial charge in [0.2, 0.25) is 5.91 Å². The van der Waals surface area contributed by atoms with Gasteiger partial charge in [-0.05, 0) is 43.6 Å². The summed E-state index contributed by atoms with van der Waals surface area (Å²) in [4.78, 5) is 30.4. The van der Waals surface area contributed by atoms with Gasteiger partial charge in [0.1, 0.15) is 16.5 Å². The Balaban J connectivity index is 1.58. The number of thiophene rings is 1. The molecule has 2 aromatic heterocycles. The zero-order valence-electron chi connectivity index (χ0n) is 20.6. The first-order valence-corrected chi connectivity index (χ1v) is 13.6. The van der Waals surface area contributed by atoms with Crippen molar-refractivity contribution >= 4 is 33.3 Å². The van der Waals surface area contributed by atoms with Crippen molar-refractivity contribution in [2.75, 3.05) is 31.1 Å². The average molecular weight is 457 g/mol. The number of carbonyl (C=O) groups excluding carboxylic acids is 1. The Labute approximate surface area is 197 Å². The molecule has 0 bridgehead atoms. The summed E-state index contributed by atoms with van der Waals surface area (Å²) in [5.41, 5.74) is 1.50. The lowest BCUT2D eigenvalue weighted by Gasteiger charge is -2.37. The minimum absolute atomic E-state index is 0.186. The highest BCUT2D eigenvalue weighted by Crippen LogP contribution is 2.41. The molecule has 1 aliphatic carbocycles. The summed E-state index contributed by atoms with van der Waals surface area (Å²) in [5.74, 6) is 3.68. The number of hydrogen-bond donors (Lipinski definition) is 0. The number of fused-ring (bicyclic) bond motifs is 3. The van der Waals surface area contributed by atoms with Gasteiger partial charge in [-0.3, -0.25) is 4.79 Å². The van der Waals surface area contributed by atoms with Crippen LogP contribution in [-0.2, 0) is 17.6 Å². The van der Waals surface area contributed by atoms with Crippen molar-refractivity contribution < 1.29 is 4.79 Å². The van der Waals surface area contributed by atoms with E-state index in [-0.39, 0.29) is 5.92 Å². The molecule has 0 radical (unpaired) electrons. The number of carbonyl (C=O) groups is 1. The Morgan fingerprint density at radius 3 is 2.56 bits per heavy atom. The maximum atomic E-state index is 13.1. The summed E-state index contributed by atoms with van der Waals surface area (Å²) in [6.07, 6.45) is 7.83. The van der Waals surface area contributed by atoms with Crippen LogP contribution in [0.2, 0.25) is 0 Å². The van der Waals surface area contributed by atoms with Crippen molar-refractivity contribution in [3.63, 3.8) is 0 Å². The van der Waals surface area contributed by atoms with E-state index < -0.39 is 0 Å². The number of hydrogen-bond acceptors (Lipinski definition) is 5. The first-order valence-electron chi connectivity index (χ1n) is 12.8. The second kappa shape index (κ2) is 10.1. The van der Waals surface area contributed by atoms with E-state index in [4.69, 9.17) is 9.97 Å². The van der Waals surface area contributed by atoms with E-state index in [1.165, 1.54) is 33.5 Å². The van der Waals surface area contributed by atoms with E-state index in [0.29, 0.717) is 11.8 Å². The SMILES string of the molecule is CCCC[C@H](CC)C(=O)N1CCN(c2nc(C(C)C)nc3sc4c(c23)CC[C@@H](C)C4)CC1. The topological polar surface area (TPSA) is 49.3 Å². The van der Waals surface area contributed by atoms with Gasteiger partial charge in [0.05, 0.1) is 5.39 Å². The van der Waals surface area contributed by atoms with Crippen LogP contribution in [0.3, 0.4) is 0 Å². The highest BCUT2D eigenvalue weighted by Gasteiger charge is 2.30. The predicted molar refractivity (Wildman–Crippen MR) is 135 cm³/mol. The molecule has 0 aromatic carbocycles. The molecule has 4 rings (SSSR count). The van der Waals surface area contributed by atoms with Crippen LogP contribution in [0, 0.1) is 11.8 Å². The quantitative estimate of drug-likeness (QED) is 0.528. The fourth-order valence-corrected chi connectivity index (χ4v) is 6.56. The lowest BCUT2D eigenvalue weighted by molar-refractivity contribution is -0.136. The summed E-state index contributed by atoms with van der Waals surface area (Å²) in [6.45, 7) is 14.4. The van der Waals surface area contributed by atoms with Gasteiger partial charge in [0.25, 0.3) is 0 Å². The highest BCUT2D eigenvalue weighted by molar-refractivity contribution is 7.19. The van der Waals surface area contributed by atoms with Gasteiger partial charge in [0, 0.05) is 42.9 Å². The van der Waals surface area contributed by atoms with Crippen molar-refractivity contribution in [2.24, 2.45) is 11.8 Å². The predicted octanol–water partition coefficient (Wildman–Crippen LogP) is 5.80. The number of anilines is 1. The van der Waals surface area contributed by atoms with Gasteiger partial charge >= 0.3 is 0 Å². The molecule has 2 aromatic rings. The van der Waals surface area contributed by atoms with Crippen molar-refractivity contribution in [2.45, 2.75) is 85.5 Å². The van der Waals surface area contributed by atoms with E-state index in [9.17, 15) is 4.79 Å². The minimum Gasteiger partial charge on any atom is -0.352 e. The third kappa shape index (κ3) is 4.66. The lowest BCUT2D eigenvalue weighted by Crippen LogP contribution is -2.50. The molecule has 176 valence electrons. The second-order valence-corrected chi connectivity index (χ2v) is 11.2. The molecule has 2 aliphatic rings. The van der Waals surface area contributed by atoms with Crippen molar-refractivity contribution in [1.29, 1.82) is 0 Å². The van der Waals surface area contributed by atoms with E-state index in [1.807, 2.05) is 11.3 Å². The maximum Gasteiger partial charge on any atom is 0.225 e. The molecule has 0 spiro atoms. The van der Waals surface area contributed by atoms with Gasteiger partial charge in [-0.15, -0.1) is 11.3 Å². The Morgan fingerprint density at radius 2 is 1.91 bits per heavy atom. The number of nitrogens with zero attached hydrogens (tertiary/aromatic N) is 4.